The Labute approximate surface area is 200 Å². The van der Waals surface area contributed by atoms with Crippen LogP contribution in [0, 0.1) is 25.5 Å². The first-order valence-corrected chi connectivity index (χ1v) is 11.3. The van der Waals surface area contributed by atoms with E-state index in [0.29, 0.717) is 26.5 Å². The Morgan fingerprint density at radius 3 is 2.80 bits per heavy atom. The van der Waals surface area contributed by atoms with E-state index in [4.69, 9.17) is 4.52 Å². The Balaban J connectivity index is 1.44. The zero-order chi connectivity index (χ0) is 24.7. The number of fused-ring (bicyclic) bond motifs is 1. The highest BCUT2D eigenvalue weighted by Crippen LogP contribution is 2.35. The number of nitrogens with one attached hydrogen (secondary N) is 1. The van der Waals surface area contributed by atoms with Gasteiger partial charge in [-0.15, -0.1) is 11.3 Å². The summed E-state index contributed by atoms with van der Waals surface area (Å²) in [4.78, 5) is 35.3. The smallest absolute Gasteiger partial charge is 0.268 e. The number of rotatable bonds is 5. The van der Waals surface area contributed by atoms with Gasteiger partial charge in [-0.1, -0.05) is 28.9 Å². The molecular formula is C24H17F2N5O3S. The largest absolute Gasteiger partial charge is 0.333 e. The third kappa shape index (κ3) is 4.33. The van der Waals surface area contributed by atoms with Gasteiger partial charge in [-0.25, -0.2) is 13.8 Å². The summed E-state index contributed by atoms with van der Waals surface area (Å²) < 4.78 is 33.7. The van der Waals surface area contributed by atoms with Crippen LogP contribution in [-0.4, -0.2) is 25.6 Å². The van der Waals surface area contributed by atoms with Crippen molar-refractivity contribution >= 4 is 33.1 Å². The maximum atomic E-state index is 13.8. The predicted octanol–water partition coefficient (Wildman–Crippen LogP) is 4.71. The predicted molar refractivity (Wildman–Crippen MR) is 127 cm³/mol. The molecule has 1 amide bonds. The molecule has 0 radical (unpaired) electrons. The number of nitrogens with zero attached hydrogens (tertiary/aromatic N) is 4. The molecule has 5 aromatic rings. The number of halogens is 2. The highest BCUT2D eigenvalue weighted by molar-refractivity contribution is 7.22. The number of benzene rings is 2. The van der Waals surface area contributed by atoms with E-state index in [0.717, 1.165) is 33.9 Å². The van der Waals surface area contributed by atoms with Crippen LogP contribution < -0.4 is 10.9 Å². The first kappa shape index (κ1) is 22.5. The van der Waals surface area contributed by atoms with Crippen molar-refractivity contribution in [3.05, 3.63) is 81.9 Å². The molecule has 11 heteroatoms. The number of anilines is 1. The van der Waals surface area contributed by atoms with Crippen LogP contribution in [0.5, 0.6) is 0 Å². The molecule has 0 aliphatic carbocycles. The van der Waals surface area contributed by atoms with Crippen LogP contribution in [0.25, 0.3) is 32.4 Å². The quantitative estimate of drug-likeness (QED) is 0.380. The molecular weight excluding hydrogens is 476 g/mol. The van der Waals surface area contributed by atoms with Gasteiger partial charge < -0.3 is 9.84 Å². The number of amides is 1. The summed E-state index contributed by atoms with van der Waals surface area (Å²) >= 11 is 1.22. The zero-order valence-electron chi connectivity index (χ0n) is 18.5. The Bertz CT molecular complexity index is 1660. The molecule has 2 aromatic carbocycles. The molecule has 3 heterocycles. The summed E-state index contributed by atoms with van der Waals surface area (Å²) in [7, 11) is 0. The van der Waals surface area contributed by atoms with Gasteiger partial charge in [0.05, 0.1) is 22.3 Å². The first-order chi connectivity index (χ1) is 16.8. The Morgan fingerprint density at radius 1 is 1.17 bits per heavy atom. The van der Waals surface area contributed by atoms with Gasteiger partial charge in [0, 0.05) is 11.6 Å². The molecule has 0 unspecified atom stereocenters. The van der Waals surface area contributed by atoms with Crippen LogP contribution in [0.4, 0.5) is 14.5 Å². The van der Waals surface area contributed by atoms with Crippen molar-refractivity contribution in [1.82, 2.24) is 19.7 Å². The maximum Gasteiger partial charge on any atom is 0.268 e. The van der Waals surface area contributed by atoms with Gasteiger partial charge in [0.15, 0.2) is 0 Å². The van der Waals surface area contributed by atoms with Gasteiger partial charge in [0.2, 0.25) is 11.7 Å². The van der Waals surface area contributed by atoms with Crippen molar-refractivity contribution < 1.29 is 18.1 Å². The molecule has 0 aliphatic heterocycles. The summed E-state index contributed by atoms with van der Waals surface area (Å²) in [6.07, 6.45) is 1.23. The summed E-state index contributed by atoms with van der Waals surface area (Å²) in [5.74, 6) is -1.51. The molecule has 0 atom stereocenters. The second-order valence-electron chi connectivity index (χ2n) is 7.88. The van der Waals surface area contributed by atoms with Gasteiger partial charge in [0.25, 0.3) is 11.4 Å². The highest BCUT2D eigenvalue weighted by Gasteiger charge is 2.21. The van der Waals surface area contributed by atoms with E-state index in [1.165, 1.54) is 17.7 Å². The molecule has 0 saturated carbocycles. The molecule has 8 nitrogen and oxygen atoms in total. The minimum atomic E-state index is -0.788. The van der Waals surface area contributed by atoms with E-state index >= 15 is 0 Å². The normalized spacial score (nSPS) is 11.2. The minimum absolute atomic E-state index is 0.257. The molecule has 0 saturated heterocycles. The molecule has 176 valence electrons. The van der Waals surface area contributed by atoms with E-state index in [2.05, 4.69) is 20.4 Å². The summed E-state index contributed by atoms with van der Waals surface area (Å²) in [5.41, 5.74) is 1.68. The average Bonchev–Trinajstić information content (AvgIpc) is 3.43. The van der Waals surface area contributed by atoms with Crippen molar-refractivity contribution in [3.63, 3.8) is 0 Å². The maximum absolute atomic E-state index is 13.8. The fourth-order valence-electron chi connectivity index (χ4n) is 3.63. The lowest BCUT2D eigenvalue weighted by Crippen LogP contribution is -2.28. The van der Waals surface area contributed by atoms with Crippen LogP contribution in [0.2, 0.25) is 0 Å². The molecule has 5 rings (SSSR count). The number of thiophene rings is 1. The standard InChI is InChI=1S/C24H17F2N5O3S/c1-12-4-3-5-14(8-12)21-29-22(34-30-21)20-13(2)19-23(35-20)27-11-31(24(19)33)10-18(32)28-17-9-15(25)6-7-16(17)26/h3-9,11H,10H2,1-2H3,(H,28,32). The summed E-state index contributed by atoms with van der Waals surface area (Å²) in [5, 5.41) is 6.64. The van der Waals surface area contributed by atoms with Gasteiger partial charge in [0.1, 0.15) is 23.0 Å². The van der Waals surface area contributed by atoms with Gasteiger partial charge >= 0.3 is 0 Å². The number of aromatic nitrogens is 4. The van der Waals surface area contributed by atoms with Gasteiger partial charge in [-0.3, -0.25) is 14.2 Å². The van der Waals surface area contributed by atoms with Crippen molar-refractivity contribution in [1.29, 1.82) is 0 Å². The van der Waals surface area contributed by atoms with E-state index in [1.54, 1.807) is 6.92 Å². The van der Waals surface area contributed by atoms with E-state index < -0.39 is 29.6 Å². The summed E-state index contributed by atoms with van der Waals surface area (Å²) in [6.45, 7) is 3.27. The van der Waals surface area contributed by atoms with Crippen molar-refractivity contribution in [2.24, 2.45) is 0 Å². The fraction of sp³-hybridized carbons (Fsp3) is 0.125. The fourth-order valence-corrected chi connectivity index (χ4v) is 4.69. The van der Waals surface area contributed by atoms with E-state index in [1.807, 2.05) is 31.2 Å². The molecule has 3 aromatic heterocycles. The number of carbonyl (C=O) groups excluding carboxylic acids is 1. The number of hydrogen-bond donors (Lipinski definition) is 1. The Kier molecular flexibility index (Phi) is 5.69. The van der Waals surface area contributed by atoms with Crippen LogP contribution in [0.1, 0.15) is 11.1 Å². The molecule has 0 spiro atoms. The Morgan fingerprint density at radius 2 is 2.00 bits per heavy atom. The topological polar surface area (TPSA) is 103 Å². The van der Waals surface area contributed by atoms with Crippen LogP contribution in [0.3, 0.4) is 0 Å². The summed E-state index contributed by atoms with van der Waals surface area (Å²) in [6, 6.07) is 10.4. The third-order valence-corrected chi connectivity index (χ3v) is 6.52. The Hall–Kier alpha value is -4.25. The molecule has 0 bridgehead atoms. The molecule has 0 aliphatic rings. The van der Waals surface area contributed by atoms with Crippen LogP contribution >= 0.6 is 11.3 Å². The lowest BCUT2D eigenvalue weighted by molar-refractivity contribution is -0.116. The van der Waals surface area contributed by atoms with Gasteiger partial charge in [-0.05, 0) is 37.6 Å². The monoisotopic (exact) mass is 493 g/mol. The van der Waals surface area contributed by atoms with E-state index in [9.17, 15) is 18.4 Å². The van der Waals surface area contributed by atoms with E-state index in [-0.39, 0.29) is 11.6 Å². The number of carbonyl (C=O) groups is 1. The highest BCUT2D eigenvalue weighted by atomic mass is 32.1. The SMILES string of the molecule is Cc1cccc(-c2noc(-c3sc4ncn(CC(=O)Nc5cc(F)ccc5F)c(=O)c4c3C)n2)c1. The van der Waals surface area contributed by atoms with Crippen LogP contribution in [0.15, 0.2) is 58.1 Å². The first-order valence-electron chi connectivity index (χ1n) is 10.4. The lowest BCUT2D eigenvalue weighted by atomic mass is 10.1. The second-order valence-corrected chi connectivity index (χ2v) is 8.88. The van der Waals surface area contributed by atoms with Crippen LogP contribution in [-0.2, 0) is 11.3 Å². The van der Waals surface area contributed by atoms with Crippen molar-refractivity contribution in [2.45, 2.75) is 20.4 Å². The number of aryl methyl sites for hydroxylation is 2. The molecule has 35 heavy (non-hydrogen) atoms. The second kappa shape index (κ2) is 8.84. The molecule has 1 N–H and O–H groups in total. The van der Waals surface area contributed by atoms with Crippen molar-refractivity contribution in [2.75, 3.05) is 5.32 Å². The minimum Gasteiger partial charge on any atom is -0.333 e. The van der Waals surface area contributed by atoms with Crippen molar-refractivity contribution in [3.8, 4) is 22.2 Å². The molecule has 0 fully saturated rings. The van der Waals surface area contributed by atoms with Gasteiger partial charge in [-0.2, -0.15) is 4.98 Å². The zero-order valence-corrected chi connectivity index (χ0v) is 19.3. The average molecular weight is 493 g/mol. The number of hydrogen-bond acceptors (Lipinski definition) is 7. The lowest BCUT2D eigenvalue weighted by Gasteiger charge is -2.08. The third-order valence-electron chi connectivity index (χ3n) is 5.33.